The number of nitriles is 1. The van der Waals surface area contributed by atoms with Crippen LogP contribution in [0.25, 0.3) is 21.9 Å². The van der Waals surface area contributed by atoms with E-state index in [2.05, 4.69) is 11.0 Å². The molecule has 1 unspecified atom stereocenters. The van der Waals surface area contributed by atoms with Gasteiger partial charge >= 0.3 is 0 Å². The molecule has 5 nitrogen and oxygen atoms in total. The quantitative estimate of drug-likeness (QED) is 0.320. The number of likely N-dealkylation sites (tertiary alicyclic amines) is 1. The van der Waals surface area contributed by atoms with Crippen LogP contribution in [0.15, 0.2) is 78.9 Å². The van der Waals surface area contributed by atoms with E-state index in [4.69, 9.17) is 4.74 Å². The van der Waals surface area contributed by atoms with Crippen LogP contribution in [0.5, 0.6) is 17.2 Å². The monoisotopic (exact) mass is 478 g/mol. The lowest BCUT2D eigenvalue weighted by molar-refractivity contribution is 0.183. The maximum atomic E-state index is 10.3. The van der Waals surface area contributed by atoms with Crippen molar-refractivity contribution in [2.45, 2.75) is 25.2 Å². The molecule has 0 saturated carbocycles. The smallest absolute Gasteiger partial charge is 0.119 e. The van der Waals surface area contributed by atoms with Gasteiger partial charge in [0.1, 0.15) is 23.9 Å². The second-order valence-corrected chi connectivity index (χ2v) is 9.36. The molecule has 4 aromatic carbocycles. The average Bonchev–Trinajstić information content (AvgIpc) is 2.91. The molecule has 36 heavy (non-hydrogen) atoms. The van der Waals surface area contributed by atoms with E-state index in [1.54, 1.807) is 24.3 Å². The highest BCUT2D eigenvalue weighted by atomic mass is 16.5. The molecular weight excluding hydrogens is 448 g/mol. The lowest BCUT2D eigenvalue weighted by Gasteiger charge is -2.26. The molecule has 182 valence electrons. The van der Waals surface area contributed by atoms with Crippen molar-refractivity contribution in [3.63, 3.8) is 0 Å². The number of rotatable bonds is 7. The number of nitrogens with zero attached hydrogens (tertiary/aromatic N) is 2. The Bertz CT molecular complexity index is 1370. The Morgan fingerprint density at radius 1 is 0.833 bits per heavy atom. The molecule has 1 aliphatic heterocycles. The van der Waals surface area contributed by atoms with Crippen molar-refractivity contribution in [3.05, 3.63) is 90.0 Å². The maximum Gasteiger partial charge on any atom is 0.119 e. The minimum Gasteiger partial charge on any atom is -0.508 e. The lowest BCUT2D eigenvalue weighted by atomic mass is 9.83. The number of hydrogen-bond acceptors (Lipinski definition) is 5. The van der Waals surface area contributed by atoms with Gasteiger partial charge in [-0.2, -0.15) is 5.26 Å². The van der Waals surface area contributed by atoms with Crippen molar-refractivity contribution >= 4 is 10.8 Å². The summed E-state index contributed by atoms with van der Waals surface area (Å²) in [6.07, 6.45) is 3.86. The third-order valence-electron chi connectivity index (χ3n) is 6.98. The second-order valence-electron chi connectivity index (χ2n) is 9.36. The number of piperidine rings is 1. The zero-order chi connectivity index (χ0) is 24.9. The Morgan fingerprint density at radius 2 is 1.56 bits per heavy atom. The van der Waals surface area contributed by atoms with E-state index >= 15 is 0 Å². The molecule has 5 rings (SSSR count). The first-order valence-electron chi connectivity index (χ1n) is 12.5. The molecule has 1 saturated heterocycles. The van der Waals surface area contributed by atoms with Crippen LogP contribution in [0, 0.1) is 11.3 Å². The van der Waals surface area contributed by atoms with Gasteiger partial charge in [-0.05, 0) is 95.4 Å². The zero-order valence-corrected chi connectivity index (χ0v) is 20.2. The summed E-state index contributed by atoms with van der Waals surface area (Å²) in [7, 11) is 0. The summed E-state index contributed by atoms with van der Waals surface area (Å²) >= 11 is 0. The van der Waals surface area contributed by atoms with Gasteiger partial charge in [-0.1, -0.05) is 48.9 Å². The molecule has 0 aliphatic carbocycles. The number of phenolic OH excluding ortho intramolecular Hbond substituents is 2. The molecule has 0 bridgehead atoms. The zero-order valence-electron chi connectivity index (χ0n) is 20.2. The molecule has 4 aromatic rings. The molecular formula is C31H30N2O3. The normalized spacial score (nSPS) is 14.9. The molecule has 0 aromatic heterocycles. The van der Waals surface area contributed by atoms with E-state index in [9.17, 15) is 15.5 Å². The summed E-state index contributed by atoms with van der Waals surface area (Å²) < 4.78 is 5.99. The van der Waals surface area contributed by atoms with Gasteiger partial charge < -0.3 is 14.9 Å². The van der Waals surface area contributed by atoms with Crippen LogP contribution >= 0.6 is 0 Å². The molecule has 1 aliphatic rings. The fourth-order valence-electron chi connectivity index (χ4n) is 5.08. The first-order valence-corrected chi connectivity index (χ1v) is 12.5. The summed E-state index contributed by atoms with van der Waals surface area (Å²) in [5, 5.41) is 31.9. The Labute approximate surface area is 211 Å². The fourth-order valence-corrected chi connectivity index (χ4v) is 5.08. The first-order chi connectivity index (χ1) is 17.6. The SMILES string of the molecule is N#CC(c1ccc(OCCN2CCCCC2)cc1)c1c(-c2ccc(O)cc2)ccc2cc(O)ccc12. The molecule has 1 heterocycles. The first kappa shape index (κ1) is 23.7. The Kier molecular flexibility index (Phi) is 7.06. The summed E-state index contributed by atoms with van der Waals surface area (Å²) in [5.41, 5.74) is 3.58. The van der Waals surface area contributed by atoms with Gasteiger partial charge in [0.15, 0.2) is 0 Å². The molecule has 5 heteroatoms. The van der Waals surface area contributed by atoms with Gasteiger partial charge in [0.2, 0.25) is 0 Å². The molecule has 1 fully saturated rings. The van der Waals surface area contributed by atoms with Crippen molar-refractivity contribution < 1.29 is 14.9 Å². The van der Waals surface area contributed by atoms with Crippen molar-refractivity contribution in [3.8, 4) is 34.4 Å². The molecule has 0 radical (unpaired) electrons. The van der Waals surface area contributed by atoms with Crippen LogP contribution in [-0.4, -0.2) is 41.4 Å². The highest BCUT2D eigenvalue weighted by Crippen LogP contribution is 2.40. The van der Waals surface area contributed by atoms with Gasteiger partial charge in [-0.25, -0.2) is 0 Å². The predicted octanol–water partition coefficient (Wildman–Crippen LogP) is 6.44. The van der Waals surface area contributed by atoms with Crippen LogP contribution in [0.1, 0.15) is 36.3 Å². The summed E-state index contributed by atoms with van der Waals surface area (Å²) in [5.74, 6) is 0.655. The Hall–Kier alpha value is -4.01. The minimum absolute atomic E-state index is 0.186. The molecule has 2 N–H and O–H groups in total. The van der Waals surface area contributed by atoms with E-state index in [0.29, 0.717) is 6.61 Å². The number of aromatic hydroxyl groups is 2. The van der Waals surface area contributed by atoms with Gasteiger partial charge in [0.05, 0.1) is 12.0 Å². The number of fused-ring (bicyclic) bond motifs is 1. The lowest BCUT2D eigenvalue weighted by Crippen LogP contribution is -2.33. The van der Waals surface area contributed by atoms with Crippen LogP contribution in [-0.2, 0) is 0 Å². The summed E-state index contributed by atoms with van der Waals surface area (Å²) in [6.45, 7) is 3.89. The second kappa shape index (κ2) is 10.7. The van der Waals surface area contributed by atoms with Crippen molar-refractivity contribution in [2.24, 2.45) is 0 Å². The predicted molar refractivity (Wildman–Crippen MR) is 142 cm³/mol. The van der Waals surface area contributed by atoms with Crippen LogP contribution in [0.2, 0.25) is 0 Å². The van der Waals surface area contributed by atoms with Crippen molar-refractivity contribution in [1.82, 2.24) is 4.90 Å². The molecule has 1 atom stereocenters. The minimum atomic E-state index is -0.524. The Balaban J connectivity index is 1.45. The summed E-state index contributed by atoms with van der Waals surface area (Å²) in [4.78, 5) is 2.45. The van der Waals surface area contributed by atoms with Gasteiger partial charge in [-0.15, -0.1) is 0 Å². The van der Waals surface area contributed by atoms with Gasteiger partial charge in [0, 0.05) is 6.54 Å². The van der Waals surface area contributed by atoms with E-state index < -0.39 is 5.92 Å². The number of hydrogen-bond donors (Lipinski definition) is 2. The highest BCUT2D eigenvalue weighted by Gasteiger charge is 2.21. The largest absolute Gasteiger partial charge is 0.508 e. The summed E-state index contributed by atoms with van der Waals surface area (Å²) in [6, 6.07) is 26.5. The standard InChI is InChI=1S/C31H30N2O3/c32-21-30(23-6-12-27(13-7-23)36-19-18-33-16-2-1-3-17-33)31-28(22-4-9-25(34)10-5-22)14-8-24-20-26(35)11-15-29(24)31/h4-15,20,30,34-35H,1-3,16-19H2. The van der Waals surface area contributed by atoms with E-state index in [1.807, 2.05) is 54.6 Å². The fraction of sp³-hybridized carbons (Fsp3) is 0.258. The topological polar surface area (TPSA) is 76.7 Å². The van der Waals surface area contributed by atoms with Crippen molar-refractivity contribution in [1.29, 1.82) is 5.26 Å². The average molecular weight is 479 g/mol. The van der Waals surface area contributed by atoms with E-state index in [0.717, 1.165) is 58.4 Å². The maximum absolute atomic E-state index is 10.3. The van der Waals surface area contributed by atoms with Crippen molar-refractivity contribution in [2.75, 3.05) is 26.2 Å². The van der Waals surface area contributed by atoms with E-state index in [-0.39, 0.29) is 11.5 Å². The van der Waals surface area contributed by atoms with Gasteiger partial charge in [-0.3, -0.25) is 4.90 Å². The van der Waals surface area contributed by atoms with Gasteiger partial charge in [0.25, 0.3) is 0 Å². The number of benzene rings is 4. The van der Waals surface area contributed by atoms with Crippen LogP contribution in [0.3, 0.4) is 0 Å². The molecule has 0 spiro atoms. The third kappa shape index (κ3) is 5.15. The van der Waals surface area contributed by atoms with E-state index in [1.165, 1.54) is 19.3 Å². The molecule has 0 amide bonds. The van der Waals surface area contributed by atoms with Crippen LogP contribution in [0.4, 0.5) is 0 Å². The Morgan fingerprint density at radius 3 is 2.28 bits per heavy atom. The third-order valence-corrected chi connectivity index (χ3v) is 6.98. The highest BCUT2D eigenvalue weighted by molar-refractivity contribution is 5.94. The number of ether oxygens (including phenoxy) is 1. The van der Waals surface area contributed by atoms with Crippen LogP contribution < -0.4 is 4.74 Å². The number of phenols is 2.